The van der Waals surface area contributed by atoms with Gasteiger partial charge < -0.3 is 14.6 Å². The number of phenols is 1. The van der Waals surface area contributed by atoms with Gasteiger partial charge in [-0.25, -0.2) is 0 Å². The van der Waals surface area contributed by atoms with Gasteiger partial charge in [0.2, 0.25) is 0 Å². The maximum absolute atomic E-state index is 10.7. The molecule has 0 aliphatic carbocycles. The van der Waals surface area contributed by atoms with Gasteiger partial charge >= 0.3 is 11.9 Å². The largest absolute Gasteiger partial charge is 0.507 e. The Hall–Kier alpha value is -2.04. The molecule has 1 rings (SSSR count). The van der Waals surface area contributed by atoms with E-state index in [9.17, 15) is 14.7 Å². The molecule has 0 radical (unpaired) electrons. The molecule has 0 aliphatic heterocycles. The first-order valence-electron chi connectivity index (χ1n) is 6.48. The van der Waals surface area contributed by atoms with Crippen LogP contribution in [-0.4, -0.2) is 30.3 Å². The van der Waals surface area contributed by atoms with E-state index in [0.717, 1.165) is 16.7 Å². The fourth-order valence-corrected chi connectivity index (χ4v) is 1.92. The van der Waals surface area contributed by atoms with Gasteiger partial charge in [0.15, 0.2) is 0 Å². The molecule has 0 aromatic heterocycles. The van der Waals surface area contributed by atoms with Crippen molar-refractivity contribution in [3.05, 3.63) is 28.8 Å². The fourth-order valence-electron chi connectivity index (χ4n) is 1.92. The summed E-state index contributed by atoms with van der Waals surface area (Å²) < 4.78 is 9.75. The van der Waals surface area contributed by atoms with Gasteiger partial charge in [-0.3, -0.25) is 9.59 Å². The van der Waals surface area contributed by atoms with Crippen LogP contribution in [0.1, 0.15) is 30.5 Å². The Morgan fingerprint density at radius 2 is 1.40 bits per heavy atom. The predicted molar refractivity (Wildman–Crippen MR) is 73.5 cm³/mol. The molecule has 0 saturated carbocycles. The molecular weight excluding hydrogens is 260 g/mol. The third kappa shape index (κ3) is 5.30. The topological polar surface area (TPSA) is 72.8 Å². The number of hydrogen-bond donors (Lipinski definition) is 1. The van der Waals surface area contributed by atoms with Crippen molar-refractivity contribution in [2.75, 3.05) is 13.2 Å². The number of phenolic OH excluding ortho intramolecular Hbond substituents is 1. The summed E-state index contributed by atoms with van der Waals surface area (Å²) >= 11 is 0. The van der Waals surface area contributed by atoms with Gasteiger partial charge in [-0.2, -0.15) is 0 Å². The zero-order valence-electron chi connectivity index (χ0n) is 12.1. The van der Waals surface area contributed by atoms with Crippen molar-refractivity contribution >= 4 is 11.9 Å². The first kappa shape index (κ1) is 16.0. The van der Waals surface area contributed by atoms with Crippen LogP contribution >= 0.6 is 0 Å². The molecule has 0 atom stereocenters. The van der Waals surface area contributed by atoms with E-state index in [1.165, 1.54) is 13.8 Å². The number of carbonyl (C=O) groups excluding carboxylic acids is 2. The maximum Gasteiger partial charge on any atom is 0.302 e. The lowest BCUT2D eigenvalue weighted by Crippen LogP contribution is -2.06. The van der Waals surface area contributed by atoms with Gasteiger partial charge in [0.25, 0.3) is 0 Å². The second kappa shape index (κ2) is 7.53. The molecule has 0 saturated heterocycles. The van der Waals surface area contributed by atoms with Crippen LogP contribution in [-0.2, 0) is 31.9 Å². The average molecular weight is 280 g/mol. The molecule has 5 heteroatoms. The Bertz CT molecular complexity index is 452. The lowest BCUT2D eigenvalue weighted by Gasteiger charge is -2.12. The molecule has 0 heterocycles. The SMILES string of the molecule is CC(=O)OCCc1cc(C)cc(CCOC(C)=O)c1O. The molecule has 0 bridgehead atoms. The Balaban J connectivity index is 2.72. The number of aromatic hydroxyl groups is 1. The molecule has 0 amide bonds. The summed E-state index contributed by atoms with van der Waals surface area (Å²) in [6.45, 7) is 5.08. The van der Waals surface area contributed by atoms with Crippen molar-refractivity contribution in [2.45, 2.75) is 33.6 Å². The number of hydrogen-bond acceptors (Lipinski definition) is 5. The van der Waals surface area contributed by atoms with Crippen LogP contribution in [0.4, 0.5) is 0 Å². The second-order valence-corrected chi connectivity index (χ2v) is 4.61. The molecule has 5 nitrogen and oxygen atoms in total. The van der Waals surface area contributed by atoms with Gasteiger partial charge in [-0.15, -0.1) is 0 Å². The lowest BCUT2D eigenvalue weighted by molar-refractivity contribution is -0.141. The highest BCUT2D eigenvalue weighted by Crippen LogP contribution is 2.25. The molecular formula is C15H20O5. The van der Waals surface area contributed by atoms with E-state index in [-0.39, 0.29) is 30.9 Å². The van der Waals surface area contributed by atoms with Gasteiger partial charge in [0.05, 0.1) is 13.2 Å². The van der Waals surface area contributed by atoms with Crippen LogP contribution < -0.4 is 0 Å². The number of carbonyl (C=O) groups is 2. The van der Waals surface area contributed by atoms with Gasteiger partial charge in [-0.05, 0) is 18.1 Å². The highest BCUT2D eigenvalue weighted by Gasteiger charge is 2.10. The standard InChI is InChI=1S/C15H20O5/c1-10-8-13(4-6-19-11(2)16)15(18)14(9-10)5-7-20-12(3)17/h8-9,18H,4-7H2,1-3H3. The van der Waals surface area contributed by atoms with Crippen LogP contribution in [0.15, 0.2) is 12.1 Å². The Morgan fingerprint density at radius 1 is 1.00 bits per heavy atom. The first-order chi connectivity index (χ1) is 9.40. The average Bonchev–Trinajstić information content (AvgIpc) is 2.33. The third-order valence-corrected chi connectivity index (χ3v) is 2.77. The van der Waals surface area contributed by atoms with Gasteiger partial charge in [-0.1, -0.05) is 17.7 Å². The summed E-state index contributed by atoms with van der Waals surface area (Å²) in [4.78, 5) is 21.4. The molecule has 1 aromatic carbocycles. The van der Waals surface area contributed by atoms with Gasteiger partial charge in [0.1, 0.15) is 5.75 Å². The zero-order valence-corrected chi connectivity index (χ0v) is 12.1. The Labute approximate surface area is 118 Å². The highest BCUT2D eigenvalue weighted by molar-refractivity contribution is 5.66. The molecule has 0 aliphatic rings. The molecule has 20 heavy (non-hydrogen) atoms. The van der Waals surface area contributed by atoms with Crippen molar-refractivity contribution in [1.82, 2.24) is 0 Å². The molecule has 1 aromatic rings. The second-order valence-electron chi connectivity index (χ2n) is 4.61. The van der Waals surface area contributed by atoms with Crippen molar-refractivity contribution in [3.63, 3.8) is 0 Å². The first-order valence-corrected chi connectivity index (χ1v) is 6.48. The molecule has 1 N–H and O–H groups in total. The Morgan fingerprint density at radius 3 is 1.75 bits per heavy atom. The smallest absolute Gasteiger partial charge is 0.302 e. The summed E-state index contributed by atoms with van der Waals surface area (Å²) in [6, 6.07) is 3.71. The van der Waals surface area contributed by atoms with Crippen molar-refractivity contribution < 1.29 is 24.2 Å². The number of rotatable bonds is 6. The van der Waals surface area contributed by atoms with E-state index >= 15 is 0 Å². The van der Waals surface area contributed by atoms with Crippen LogP contribution in [0.25, 0.3) is 0 Å². The zero-order chi connectivity index (χ0) is 15.1. The van der Waals surface area contributed by atoms with E-state index in [0.29, 0.717) is 12.8 Å². The minimum atomic E-state index is -0.341. The van der Waals surface area contributed by atoms with Crippen LogP contribution in [0, 0.1) is 6.92 Å². The lowest BCUT2D eigenvalue weighted by atomic mass is 10.0. The summed E-state index contributed by atoms with van der Waals surface area (Å²) in [5.74, 6) is -0.505. The molecule has 0 fully saturated rings. The minimum Gasteiger partial charge on any atom is -0.507 e. The van der Waals surface area contributed by atoms with Crippen molar-refractivity contribution in [3.8, 4) is 5.75 Å². The van der Waals surface area contributed by atoms with E-state index < -0.39 is 0 Å². The van der Waals surface area contributed by atoms with Crippen LogP contribution in [0.3, 0.4) is 0 Å². The third-order valence-electron chi connectivity index (χ3n) is 2.77. The highest BCUT2D eigenvalue weighted by atomic mass is 16.5. The summed E-state index contributed by atoms with van der Waals surface area (Å²) in [5, 5.41) is 10.2. The fraction of sp³-hybridized carbons (Fsp3) is 0.467. The normalized spacial score (nSPS) is 10.2. The van der Waals surface area contributed by atoms with Crippen molar-refractivity contribution in [2.24, 2.45) is 0 Å². The van der Waals surface area contributed by atoms with E-state index in [4.69, 9.17) is 9.47 Å². The summed E-state index contributed by atoms with van der Waals surface area (Å²) in [6.07, 6.45) is 0.904. The van der Waals surface area contributed by atoms with Crippen molar-refractivity contribution in [1.29, 1.82) is 0 Å². The van der Waals surface area contributed by atoms with Crippen LogP contribution in [0.5, 0.6) is 5.75 Å². The van der Waals surface area contributed by atoms with E-state index in [1.54, 1.807) is 0 Å². The molecule has 110 valence electrons. The number of benzene rings is 1. The number of aryl methyl sites for hydroxylation is 1. The molecule has 0 spiro atoms. The predicted octanol–water partition coefficient (Wildman–Crippen LogP) is 1.91. The summed E-state index contributed by atoms with van der Waals surface area (Å²) in [7, 11) is 0. The Kier molecular flexibility index (Phi) is 6.03. The van der Waals surface area contributed by atoms with E-state index in [2.05, 4.69) is 0 Å². The van der Waals surface area contributed by atoms with E-state index in [1.807, 2.05) is 19.1 Å². The van der Waals surface area contributed by atoms with Gasteiger partial charge in [0, 0.05) is 26.7 Å². The minimum absolute atomic E-state index is 0.176. The summed E-state index contributed by atoms with van der Waals surface area (Å²) in [5.41, 5.74) is 2.45. The number of esters is 2. The van der Waals surface area contributed by atoms with Crippen LogP contribution in [0.2, 0.25) is 0 Å². The molecule has 0 unspecified atom stereocenters. The monoisotopic (exact) mass is 280 g/mol. The quantitative estimate of drug-likeness (QED) is 0.806. The maximum atomic E-state index is 10.7. The number of ether oxygens (including phenoxy) is 2.